The smallest absolute Gasteiger partial charge is 0.0456 e. The molecule has 1 nitrogen and oxygen atoms in total. The maximum Gasteiger partial charge on any atom is 0.0456 e. The molecule has 0 atom stereocenters. The summed E-state index contributed by atoms with van der Waals surface area (Å²) >= 11 is 5.55. The topological polar surface area (TPSA) is 12.9 Å². The van der Waals surface area contributed by atoms with E-state index in [1.165, 1.54) is 0 Å². The monoisotopic (exact) mass is 323 g/mol. The normalized spacial score (nSPS) is 9.73. The van der Waals surface area contributed by atoms with Gasteiger partial charge in [-0.05, 0) is 51.5 Å². The van der Waals surface area contributed by atoms with E-state index in [1.807, 2.05) is 13.0 Å². The molecule has 0 amide bonds. The minimum absolute atomic E-state index is 0.996. The Balaban J connectivity index is 3.23. The van der Waals surface area contributed by atoms with Gasteiger partial charge in [0.05, 0.1) is 0 Å². The predicted molar refractivity (Wildman–Crippen MR) is 59.7 cm³/mol. The van der Waals surface area contributed by atoms with Crippen LogP contribution in [0.5, 0.6) is 0 Å². The fraction of sp³-hybridized carbons (Fsp3) is 0.125. The maximum absolute atomic E-state index is 4.19. The van der Waals surface area contributed by atoms with Crippen molar-refractivity contribution in [1.29, 1.82) is 0 Å². The van der Waals surface area contributed by atoms with Gasteiger partial charge in [0.2, 0.25) is 0 Å². The van der Waals surface area contributed by atoms with Crippen LogP contribution in [0.15, 0.2) is 23.3 Å². The summed E-state index contributed by atoms with van der Waals surface area (Å²) in [7, 11) is 0. The first-order chi connectivity index (χ1) is 5.11. The molecule has 0 bridgehead atoms. The van der Waals surface area contributed by atoms with E-state index >= 15 is 0 Å². The Morgan fingerprint density at radius 1 is 1.73 bits per heavy atom. The Bertz CT molecular complexity index is 296. The van der Waals surface area contributed by atoms with Gasteiger partial charge in [-0.1, -0.05) is 6.58 Å². The van der Waals surface area contributed by atoms with Crippen molar-refractivity contribution in [2.24, 2.45) is 0 Å². The second-order valence-electron chi connectivity index (χ2n) is 2.19. The summed E-state index contributed by atoms with van der Waals surface area (Å²) < 4.78 is 2.02. The number of aryl methyl sites for hydroxylation is 1. The number of nitrogens with zero attached hydrogens (tertiary/aromatic N) is 1. The molecule has 11 heavy (non-hydrogen) atoms. The van der Waals surface area contributed by atoms with Gasteiger partial charge in [0, 0.05) is 25.5 Å². The van der Waals surface area contributed by atoms with Crippen LogP contribution in [0.3, 0.4) is 0 Å². The third kappa shape index (κ3) is 2.27. The molecule has 58 valence electrons. The van der Waals surface area contributed by atoms with Crippen molar-refractivity contribution in [2.75, 3.05) is 0 Å². The molecule has 0 N–H and O–H groups in total. The highest BCUT2D eigenvalue weighted by Gasteiger charge is 2.00. The molecule has 1 aromatic rings. The number of hydrogen-bond acceptors (Lipinski definition) is 1. The zero-order valence-electron chi connectivity index (χ0n) is 6.06. The number of aromatic nitrogens is 1. The average Bonchev–Trinajstić information content (AvgIpc) is 1.94. The first-order valence-electron chi connectivity index (χ1n) is 3.08. The highest BCUT2D eigenvalue weighted by atomic mass is 127. The summed E-state index contributed by atoms with van der Waals surface area (Å²) in [5, 5.41) is 0. The van der Waals surface area contributed by atoms with Crippen LogP contribution < -0.4 is 0 Å². The van der Waals surface area contributed by atoms with Gasteiger partial charge in [-0.2, -0.15) is 0 Å². The number of hydrogen-bond donors (Lipinski definition) is 0. The lowest BCUT2D eigenvalue weighted by molar-refractivity contribution is 1.18. The zero-order valence-corrected chi connectivity index (χ0v) is 9.81. The van der Waals surface area contributed by atoms with Crippen molar-refractivity contribution in [3.63, 3.8) is 0 Å². The Kier molecular flexibility index (Phi) is 3.06. The third-order valence-corrected chi connectivity index (χ3v) is 2.36. The molecule has 1 heterocycles. The van der Waals surface area contributed by atoms with Crippen molar-refractivity contribution in [3.05, 3.63) is 34.6 Å². The minimum Gasteiger partial charge on any atom is -0.260 e. The molecule has 0 saturated heterocycles. The summed E-state index contributed by atoms with van der Waals surface area (Å²) in [5.74, 6) is 0. The molecule has 0 aromatic carbocycles. The molecule has 0 aliphatic rings. The van der Waals surface area contributed by atoms with Gasteiger partial charge in [-0.25, -0.2) is 0 Å². The number of pyridine rings is 1. The van der Waals surface area contributed by atoms with E-state index in [0.717, 1.165) is 19.3 Å². The Labute approximate surface area is 88.2 Å². The average molecular weight is 324 g/mol. The zero-order chi connectivity index (χ0) is 8.43. The Hall–Kier alpha value is 0.1000. The van der Waals surface area contributed by atoms with Crippen LogP contribution in [0, 0.1) is 6.92 Å². The van der Waals surface area contributed by atoms with Crippen molar-refractivity contribution < 1.29 is 0 Å². The van der Waals surface area contributed by atoms with Gasteiger partial charge in [0.25, 0.3) is 0 Å². The van der Waals surface area contributed by atoms with Gasteiger partial charge in [0.15, 0.2) is 0 Å². The standard InChI is InChI=1S/C8H7BrIN/c1-5(10)8-3-7(9)4-11-6(8)2/h3-4H,1H2,2H3. The molecule has 0 saturated carbocycles. The van der Waals surface area contributed by atoms with E-state index in [0.29, 0.717) is 0 Å². The van der Waals surface area contributed by atoms with Gasteiger partial charge in [-0.15, -0.1) is 0 Å². The van der Waals surface area contributed by atoms with E-state index in [-0.39, 0.29) is 0 Å². The first kappa shape index (κ1) is 9.19. The Morgan fingerprint density at radius 2 is 2.36 bits per heavy atom. The summed E-state index contributed by atoms with van der Waals surface area (Å²) in [4.78, 5) is 4.19. The summed E-state index contributed by atoms with van der Waals surface area (Å²) in [6, 6.07) is 2.02. The minimum atomic E-state index is 0.996. The lowest BCUT2D eigenvalue weighted by Gasteiger charge is -2.01. The fourth-order valence-corrected chi connectivity index (χ4v) is 1.66. The highest BCUT2D eigenvalue weighted by molar-refractivity contribution is 14.1. The second-order valence-corrected chi connectivity index (χ2v) is 4.41. The summed E-state index contributed by atoms with van der Waals surface area (Å²) in [6.07, 6.45) is 1.79. The number of halogens is 2. The van der Waals surface area contributed by atoms with Crippen LogP contribution in [0.1, 0.15) is 11.3 Å². The first-order valence-corrected chi connectivity index (χ1v) is 4.95. The molecule has 1 rings (SSSR count). The van der Waals surface area contributed by atoms with Crippen molar-refractivity contribution in [1.82, 2.24) is 4.98 Å². The maximum atomic E-state index is 4.19. The van der Waals surface area contributed by atoms with Gasteiger partial charge in [0.1, 0.15) is 0 Å². The van der Waals surface area contributed by atoms with Gasteiger partial charge < -0.3 is 0 Å². The summed E-state index contributed by atoms with van der Waals surface area (Å²) in [5.41, 5.74) is 2.13. The quantitative estimate of drug-likeness (QED) is 0.720. The lowest BCUT2D eigenvalue weighted by Crippen LogP contribution is -1.86. The highest BCUT2D eigenvalue weighted by Crippen LogP contribution is 2.24. The van der Waals surface area contributed by atoms with Crippen LogP contribution >= 0.6 is 38.5 Å². The molecular formula is C8H7BrIN. The molecule has 1 aromatic heterocycles. The van der Waals surface area contributed by atoms with Crippen LogP contribution in [-0.4, -0.2) is 4.98 Å². The molecular weight excluding hydrogens is 317 g/mol. The predicted octanol–water partition coefficient (Wildman–Crippen LogP) is 3.56. The summed E-state index contributed by atoms with van der Waals surface area (Å²) in [6.45, 7) is 5.83. The third-order valence-electron chi connectivity index (χ3n) is 1.35. The van der Waals surface area contributed by atoms with E-state index in [1.54, 1.807) is 6.20 Å². The molecule has 0 aliphatic carbocycles. The number of rotatable bonds is 1. The van der Waals surface area contributed by atoms with Crippen LogP contribution in [-0.2, 0) is 0 Å². The lowest BCUT2D eigenvalue weighted by atomic mass is 10.2. The van der Waals surface area contributed by atoms with Crippen molar-refractivity contribution in [2.45, 2.75) is 6.92 Å². The van der Waals surface area contributed by atoms with E-state index in [2.05, 4.69) is 50.1 Å². The van der Waals surface area contributed by atoms with E-state index in [9.17, 15) is 0 Å². The van der Waals surface area contributed by atoms with Crippen LogP contribution in [0.25, 0.3) is 3.58 Å². The Morgan fingerprint density at radius 3 is 2.82 bits per heavy atom. The van der Waals surface area contributed by atoms with E-state index in [4.69, 9.17) is 0 Å². The van der Waals surface area contributed by atoms with Crippen molar-refractivity contribution in [3.8, 4) is 0 Å². The molecule has 0 unspecified atom stereocenters. The van der Waals surface area contributed by atoms with Gasteiger partial charge >= 0.3 is 0 Å². The molecule has 0 radical (unpaired) electrons. The fourth-order valence-electron chi connectivity index (χ4n) is 0.782. The molecule has 0 spiro atoms. The van der Waals surface area contributed by atoms with Crippen molar-refractivity contribution >= 4 is 42.1 Å². The van der Waals surface area contributed by atoms with Crippen LogP contribution in [0.2, 0.25) is 0 Å². The molecule has 0 aliphatic heterocycles. The largest absolute Gasteiger partial charge is 0.260 e. The molecule has 3 heteroatoms. The SMILES string of the molecule is C=C(I)c1cc(Br)cnc1C. The van der Waals surface area contributed by atoms with Gasteiger partial charge in [-0.3, -0.25) is 4.98 Å². The van der Waals surface area contributed by atoms with Crippen LogP contribution in [0.4, 0.5) is 0 Å². The van der Waals surface area contributed by atoms with E-state index < -0.39 is 0 Å². The molecule has 0 fully saturated rings. The second kappa shape index (κ2) is 3.67.